The van der Waals surface area contributed by atoms with Crippen molar-refractivity contribution in [3.05, 3.63) is 29.6 Å². The van der Waals surface area contributed by atoms with Crippen LogP contribution in [0.5, 0.6) is 0 Å². The summed E-state index contributed by atoms with van der Waals surface area (Å²) >= 11 is 0. The lowest BCUT2D eigenvalue weighted by molar-refractivity contribution is -0.121. The van der Waals surface area contributed by atoms with Gasteiger partial charge in [-0.3, -0.25) is 4.79 Å². The van der Waals surface area contributed by atoms with Crippen LogP contribution in [0, 0.1) is 18.7 Å². The second kappa shape index (κ2) is 6.34. The molecule has 0 saturated carbocycles. The maximum Gasteiger partial charge on any atom is 0.243 e. The summed E-state index contributed by atoms with van der Waals surface area (Å²) in [5.41, 5.74) is -0.139. The molecule has 0 bridgehead atoms. The van der Waals surface area contributed by atoms with Gasteiger partial charge in [-0.25, -0.2) is 12.8 Å². The molecule has 0 unspecified atom stereocenters. The molecule has 25 heavy (non-hydrogen) atoms. The Kier molecular flexibility index (Phi) is 4.63. The van der Waals surface area contributed by atoms with Crippen LogP contribution in [0.25, 0.3) is 0 Å². The molecule has 138 valence electrons. The van der Waals surface area contributed by atoms with E-state index in [1.54, 1.807) is 6.92 Å². The van der Waals surface area contributed by atoms with E-state index >= 15 is 0 Å². The first-order valence-corrected chi connectivity index (χ1v) is 9.82. The molecule has 2 aliphatic heterocycles. The molecule has 0 aromatic heterocycles. The number of nitrogens with zero attached hydrogens (tertiary/aromatic N) is 2. The maximum absolute atomic E-state index is 13.8. The van der Waals surface area contributed by atoms with Crippen LogP contribution in [0.4, 0.5) is 4.39 Å². The second-order valence-corrected chi connectivity index (χ2v) is 9.19. The molecule has 3 rings (SSSR count). The molecule has 0 aliphatic carbocycles. The fourth-order valence-corrected chi connectivity index (χ4v) is 5.49. The minimum atomic E-state index is -3.80. The minimum absolute atomic E-state index is 0.0141. The third kappa shape index (κ3) is 3.30. The van der Waals surface area contributed by atoms with Gasteiger partial charge >= 0.3 is 0 Å². The summed E-state index contributed by atoms with van der Waals surface area (Å²) in [5.74, 6) is -0.676. The van der Waals surface area contributed by atoms with Crippen molar-refractivity contribution in [2.75, 3.05) is 33.2 Å². The molecule has 0 radical (unpaired) electrons. The number of carbonyl (C=O) groups excluding carboxylic acids is 1. The summed E-state index contributed by atoms with van der Waals surface area (Å²) in [4.78, 5) is 13.8. The van der Waals surface area contributed by atoms with Crippen LogP contribution in [-0.4, -0.2) is 62.3 Å². The van der Waals surface area contributed by atoms with Crippen LogP contribution in [0.15, 0.2) is 23.1 Å². The van der Waals surface area contributed by atoms with Gasteiger partial charge in [-0.15, -0.1) is 0 Å². The minimum Gasteiger partial charge on any atom is -0.349 e. The van der Waals surface area contributed by atoms with Gasteiger partial charge < -0.3 is 10.2 Å². The normalized spacial score (nSPS) is 27.9. The highest BCUT2D eigenvalue weighted by Gasteiger charge is 2.52. The first-order valence-electron chi connectivity index (χ1n) is 8.38. The molecule has 2 atom stereocenters. The summed E-state index contributed by atoms with van der Waals surface area (Å²) in [7, 11) is -1.81. The molecule has 1 N–H and O–H groups in total. The lowest BCUT2D eigenvalue weighted by Crippen LogP contribution is -2.60. The van der Waals surface area contributed by atoms with E-state index in [4.69, 9.17) is 0 Å². The van der Waals surface area contributed by atoms with Gasteiger partial charge in [0.15, 0.2) is 0 Å². The van der Waals surface area contributed by atoms with Crippen molar-refractivity contribution in [1.82, 2.24) is 14.5 Å². The van der Waals surface area contributed by atoms with Gasteiger partial charge in [0.1, 0.15) is 5.82 Å². The van der Waals surface area contributed by atoms with Crippen molar-refractivity contribution in [1.29, 1.82) is 0 Å². The number of sulfonamides is 1. The highest BCUT2D eigenvalue weighted by molar-refractivity contribution is 7.89. The van der Waals surface area contributed by atoms with Crippen molar-refractivity contribution < 1.29 is 17.6 Å². The van der Waals surface area contributed by atoms with Gasteiger partial charge in [-0.1, -0.05) is 6.07 Å². The summed E-state index contributed by atoms with van der Waals surface area (Å²) in [6.45, 7) is 5.11. The zero-order chi connectivity index (χ0) is 18.4. The highest BCUT2D eigenvalue weighted by Crippen LogP contribution is 2.37. The SMILES string of the molecule is CC(=O)N[C@@]12CCN(C)C[C@@H]1CN(S(=O)(=O)c1ccc(C)c(F)c1)C2. The van der Waals surface area contributed by atoms with E-state index in [2.05, 4.69) is 10.2 Å². The lowest BCUT2D eigenvalue weighted by atomic mass is 9.80. The number of nitrogens with one attached hydrogen (secondary N) is 1. The Balaban J connectivity index is 1.93. The predicted octanol–water partition coefficient (Wildman–Crippen LogP) is 0.965. The number of halogens is 1. The number of aryl methyl sites for hydroxylation is 1. The van der Waals surface area contributed by atoms with Crippen molar-refractivity contribution >= 4 is 15.9 Å². The molecule has 2 heterocycles. The monoisotopic (exact) mass is 369 g/mol. The fourth-order valence-electron chi connectivity index (χ4n) is 3.92. The number of piperidine rings is 1. The molecule has 8 heteroatoms. The topological polar surface area (TPSA) is 69.7 Å². The largest absolute Gasteiger partial charge is 0.349 e. The van der Waals surface area contributed by atoms with E-state index in [9.17, 15) is 17.6 Å². The average molecular weight is 369 g/mol. The van der Waals surface area contributed by atoms with Crippen LogP contribution in [0.2, 0.25) is 0 Å². The number of benzene rings is 1. The first kappa shape index (κ1) is 18.3. The van der Waals surface area contributed by atoms with Crippen LogP contribution in [-0.2, 0) is 14.8 Å². The van der Waals surface area contributed by atoms with Gasteiger partial charge in [-0.05, 0) is 38.1 Å². The molecule has 2 saturated heterocycles. The van der Waals surface area contributed by atoms with E-state index in [0.717, 1.165) is 12.6 Å². The zero-order valence-corrected chi connectivity index (χ0v) is 15.6. The van der Waals surface area contributed by atoms with Crippen LogP contribution >= 0.6 is 0 Å². The molecular weight excluding hydrogens is 345 g/mol. The second-order valence-electron chi connectivity index (χ2n) is 7.26. The molecule has 6 nitrogen and oxygen atoms in total. The van der Waals surface area contributed by atoms with Crippen LogP contribution in [0.1, 0.15) is 18.9 Å². The highest BCUT2D eigenvalue weighted by atomic mass is 32.2. The van der Waals surface area contributed by atoms with Gasteiger partial charge in [0.05, 0.1) is 10.4 Å². The number of fused-ring (bicyclic) bond motifs is 1. The number of amides is 1. The Hall–Kier alpha value is -1.51. The lowest BCUT2D eigenvalue weighted by Gasteiger charge is -2.42. The molecule has 0 spiro atoms. The number of hydrogen-bond acceptors (Lipinski definition) is 4. The van der Waals surface area contributed by atoms with Crippen LogP contribution in [0.3, 0.4) is 0 Å². The Morgan fingerprint density at radius 3 is 2.72 bits per heavy atom. The summed E-state index contributed by atoms with van der Waals surface area (Å²) in [6.07, 6.45) is 0.696. The smallest absolute Gasteiger partial charge is 0.243 e. The van der Waals surface area contributed by atoms with Gasteiger partial charge in [0.2, 0.25) is 15.9 Å². The van der Waals surface area contributed by atoms with Crippen LogP contribution < -0.4 is 5.32 Å². The molecule has 2 fully saturated rings. The number of rotatable bonds is 3. The molecule has 1 amide bonds. The van der Waals surface area contributed by atoms with E-state index in [0.29, 0.717) is 25.1 Å². The van der Waals surface area contributed by atoms with Crippen molar-refractivity contribution in [3.63, 3.8) is 0 Å². The Bertz CT molecular complexity index is 798. The van der Waals surface area contributed by atoms with Crippen molar-refractivity contribution in [2.24, 2.45) is 5.92 Å². The Morgan fingerprint density at radius 2 is 2.08 bits per heavy atom. The number of hydrogen-bond donors (Lipinski definition) is 1. The quantitative estimate of drug-likeness (QED) is 0.862. The van der Waals surface area contributed by atoms with Crippen molar-refractivity contribution in [2.45, 2.75) is 30.7 Å². The molecule has 2 aliphatic rings. The fraction of sp³-hybridized carbons (Fsp3) is 0.588. The maximum atomic E-state index is 13.8. The summed E-state index contributed by atoms with van der Waals surface area (Å²) < 4.78 is 41.2. The third-order valence-electron chi connectivity index (χ3n) is 5.34. The number of likely N-dealkylation sites (tertiary alicyclic amines) is 1. The van der Waals surface area contributed by atoms with E-state index in [-0.39, 0.29) is 23.3 Å². The zero-order valence-electron chi connectivity index (χ0n) is 14.8. The predicted molar refractivity (Wildman–Crippen MR) is 92.0 cm³/mol. The van der Waals surface area contributed by atoms with Gasteiger partial charge in [-0.2, -0.15) is 4.31 Å². The van der Waals surface area contributed by atoms with E-state index in [1.807, 2.05) is 7.05 Å². The summed E-state index contributed by atoms with van der Waals surface area (Å²) in [5, 5.41) is 3.01. The van der Waals surface area contributed by atoms with E-state index in [1.165, 1.54) is 23.4 Å². The molecular formula is C17H24FN3O3S. The number of carbonyl (C=O) groups is 1. The first-order chi connectivity index (χ1) is 11.6. The van der Waals surface area contributed by atoms with E-state index < -0.39 is 21.4 Å². The average Bonchev–Trinajstić information content (AvgIpc) is 2.88. The Labute approximate surface area is 148 Å². The summed E-state index contributed by atoms with van der Waals surface area (Å²) in [6, 6.07) is 3.99. The van der Waals surface area contributed by atoms with Gasteiger partial charge in [0.25, 0.3) is 0 Å². The Morgan fingerprint density at radius 1 is 1.36 bits per heavy atom. The van der Waals surface area contributed by atoms with Gasteiger partial charge in [0, 0.05) is 39.0 Å². The molecule has 1 aromatic carbocycles. The van der Waals surface area contributed by atoms with Crippen molar-refractivity contribution in [3.8, 4) is 0 Å². The molecule has 1 aromatic rings. The standard InChI is InChI=1S/C17H24FN3O3S/c1-12-4-5-15(8-16(12)18)25(23,24)21-10-14-9-20(3)7-6-17(14,11-21)19-13(2)22/h4-5,8,14H,6-7,9-11H2,1-3H3,(H,19,22)/t14-,17-/m1/s1. The third-order valence-corrected chi connectivity index (χ3v) is 7.15.